The van der Waals surface area contributed by atoms with Crippen LogP contribution in [0.4, 0.5) is 5.82 Å². The van der Waals surface area contributed by atoms with Crippen LogP contribution in [0, 0.1) is 6.92 Å². The number of H-pyrrole nitrogens is 2. The van der Waals surface area contributed by atoms with Crippen LogP contribution in [0.15, 0.2) is 58.2 Å². The summed E-state index contributed by atoms with van der Waals surface area (Å²) in [6.07, 6.45) is 0. The van der Waals surface area contributed by atoms with E-state index in [2.05, 4.69) is 20.0 Å². The number of aromatic amines is 2. The maximum Gasteiger partial charge on any atom is 0.323 e. The second-order valence-corrected chi connectivity index (χ2v) is 10.1. The Labute approximate surface area is 188 Å². The van der Waals surface area contributed by atoms with E-state index in [1.165, 1.54) is 16.4 Å². The molecule has 0 aliphatic carbocycles. The summed E-state index contributed by atoms with van der Waals surface area (Å²) in [7, 11) is -3.69. The standard InChI is InChI=1S/C22H21N7O3S/c1-14-12-20-25-21(16-4-2-3-5-19(16)29(20)26-14)27-8-10-28(11-9-27)33(31,32)15-6-7-17-18(13-15)24-22(30)23-17/h2-7,12-13H,8-11H2,1H3,(H2,23,24,30). The highest BCUT2D eigenvalue weighted by Crippen LogP contribution is 2.28. The van der Waals surface area contributed by atoms with Crippen molar-refractivity contribution >= 4 is 43.4 Å². The number of fused-ring (bicyclic) bond motifs is 4. The molecule has 1 fully saturated rings. The van der Waals surface area contributed by atoms with Crippen LogP contribution in [0.2, 0.25) is 0 Å². The predicted molar refractivity (Wildman–Crippen MR) is 125 cm³/mol. The number of piperazine rings is 1. The molecule has 0 atom stereocenters. The van der Waals surface area contributed by atoms with E-state index in [0.29, 0.717) is 37.2 Å². The first-order valence-electron chi connectivity index (χ1n) is 10.6. The third-order valence-electron chi connectivity index (χ3n) is 6.07. The van der Waals surface area contributed by atoms with Gasteiger partial charge in [-0.2, -0.15) is 9.40 Å². The summed E-state index contributed by atoms with van der Waals surface area (Å²) in [4.78, 5) is 23.9. The molecule has 2 N–H and O–H groups in total. The van der Waals surface area contributed by atoms with Crippen molar-refractivity contribution in [3.8, 4) is 0 Å². The maximum atomic E-state index is 13.2. The first-order valence-corrected chi connectivity index (χ1v) is 12.1. The molecule has 0 amide bonds. The SMILES string of the molecule is Cc1cc2nc(N3CCN(S(=O)(=O)c4ccc5[nH]c(=O)[nH]c5c4)CC3)c3ccccc3n2n1. The van der Waals surface area contributed by atoms with Crippen molar-refractivity contribution < 1.29 is 8.42 Å². The van der Waals surface area contributed by atoms with Crippen molar-refractivity contribution in [2.45, 2.75) is 11.8 Å². The minimum absolute atomic E-state index is 0.165. The van der Waals surface area contributed by atoms with Crippen LogP contribution in [0.1, 0.15) is 5.69 Å². The van der Waals surface area contributed by atoms with E-state index in [1.807, 2.05) is 41.8 Å². The van der Waals surface area contributed by atoms with Crippen molar-refractivity contribution in [2.24, 2.45) is 0 Å². The Kier molecular flexibility index (Phi) is 4.32. The fourth-order valence-electron chi connectivity index (χ4n) is 4.46. The van der Waals surface area contributed by atoms with Gasteiger partial charge in [-0.3, -0.25) is 0 Å². The molecule has 11 heteroatoms. The second kappa shape index (κ2) is 7.15. The number of benzene rings is 2. The highest BCUT2D eigenvalue weighted by atomic mass is 32.2. The zero-order chi connectivity index (χ0) is 22.7. The molecule has 10 nitrogen and oxygen atoms in total. The summed E-state index contributed by atoms with van der Waals surface area (Å²) >= 11 is 0. The van der Waals surface area contributed by atoms with E-state index in [0.717, 1.165) is 28.1 Å². The number of aryl methyl sites for hydroxylation is 1. The van der Waals surface area contributed by atoms with Gasteiger partial charge in [0.25, 0.3) is 0 Å². The van der Waals surface area contributed by atoms with Crippen LogP contribution in [-0.4, -0.2) is 63.5 Å². The van der Waals surface area contributed by atoms with Gasteiger partial charge in [-0.15, -0.1) is 0 Å². The molecule has 168 valence electrons. The highest BCUT2D eigenvalue weighted by molar-refractivity contribution is 7.89. The number of anilines is 1. The number of nitrogens with zero attached hydrogens (tertiary/aromatic N) is 5. The van der Waals surface area contributed by atoms with Crippen LogP contribution >= 0.6 is 0 Å². The molecular formula is C22H21N7O3S. The lowest BCUT2D eigenvalue weighted by atomic mass is 10.2. The lowest BCUT2D eigenvalue weighted by molar-refractivity contribution is 0.384. The first-order chi connectivity index (χ1) is 15.9. The number of para-hydroxylation sites is 1. The Morgan fingerprint density at radius 1 is 0.939 bits per heavy atom. The molecule has 4 heterocycles. The molecule has 1 aliphatic heterocycles. The molecule has 5 aromatic rings. The van der Waals surface area contributed by atoms with Crippen LogP contribution < -0.4 is 10.6 Å². The van der Waals surface area contributed by atoms with Gasteiger partial charge >= 0.3 is 5.69 Å². The molecule has 0 saturated carbocycles. The van der Waals surface area contributed by atoms with Crippen molar-refractivity contribution in [1.29, 1.82) is 0 Å². The van der Waals surface area contributed by atoms with Gasteiger partial charge in [0.05, 0.1) is 27.1 Å². The van der Waals surface area contributed by atoms with Gasteiger partial charge in [0.15, 0.2) is 5.65 Å². The molecule has 0 unspecified atom stereocenters. The quantitative estimate of drug-likeness (QED) is 0.422. The third-order valence-corrected chi connectivity index (χ3v) is 7.96. The number of nitrogens with one attached hydrogen (secondary N) is 2. The minimum atomic E-state index is -3.69. The molecule has 0 radical (unpaired) electrons. The van der Waals surface area contributed by atoms with E-state index in [9.17, 15) is 13.2 Å². The number of sulfonamides is 1. The smallest absolute Gasteiger partial charge is 0.323 e. The normalized spacial score (nSPS) is 15.7. The summed E-state index contributed by atoms with van der Waals surface area (Å²) in [5.74, 6) is 0.835. The largest absolute Gasteiger partial charge is 0.353 e. The Balaban J connectivity index is 1.31. The number of imidazole rings is 1. The van der Waals surface area contributed by atoms with Crippen molar-refractivity contribution in [2.75, 3.05) is 31.1 Å². The number of hydrogen-bond donors (Lipinski definition) is 2. The van der Waals surface area contributed by atoms with Gasteiger partial charge in [-0.05, 0) is 37.3 Å². The summed E-state index contributed by atoms with van der Waals surface area (Å²) in [5.41, 5.74) is 3.31. The fraction of sp³-hybridized carbons (Fsp3) is 0.227. The van der Waals surface area contributed by atoms with Gasteiger partial charge in [0.1, 0.15) is 5.82 Å². The molecule has 1 saturated heterocycles. The van der Waals surface area contributed by atoms with E-state index in [-0.39, 0.29) is 10.6 Å². The molecule has 6 rings (SSSR count). The number of rotatable bonds is 3. The van der Waals surface area contributed by atoms with Gasteiger partial charge in [0, 0.05) is 37.6 Å². The number of hydrogen-bond acceptors (Lipinski definition) is 6. The molecule has 2 aromatic carbocycles. The summed E-state index contributed by atoms with van der Waals surface area (Å²) in [6.45, 7) is 3.64. The Morgan fingerprint density at radius 2 is 1.70 bits per heavy atom. The lowest BCUT2D eigenvalue weighted by Crippen LogP contribution is -2.49. The fourth-order valence-corrected chi connectivity index (χ4v) is 5.91. The van der Waals surface area contributed by atoms with Crippen LogP contribution in [0.5, 0.6) is 0 Å². The van der Waals surface area contributed by atoms with Crippen LogP contribution in [0.3, 0.4) is 0 Å². The van der Waals surface area contributed by atoms with E-state index in [4.69, 9.17) is 4.98 Å². The van der Waals surface area contributed by atoms with Crippen molar-refractivity contribution in [1.82, 2.24) is 28.9 Å². The van der Waals surface area contributed by atoms with E-state index >= 15 is 0 Å². The zero-order valence-electron chi connectivity index (χ0n) is 17.8. The third kappa shape index (κ3) is 3.19. The van der Waals surface area contributed by atoms with E-state index < -0.39 is 10.0 Å². The molecule has 1 aliphatic rings. The molecule has 0 bridgehead atoms. The minimum Gasteiger partial charge on any atom is -0.353 e. The first kappa shape index (κ1) is 19.9. The Bertz CT molecular complexity index is 1690. The molecule has 3 aromatic heterocycles. The summed E-state index contributed by atoms with van der Waals surface area (Å²) < 4.78 is 29.8. The molecular weight excluding hydrogens is 442 g/mol. The average Bonchev–Trinajstić information content (AvgIpc) is 3.38. The zero-order valence-corrected chi connectivity index (χ0v) is 18.6. The van der Waals surface area contributed by atoms with Crippen molar-refractivity contribution in [3.05, 3.63) is 64.7 Å². The molecule has 33 heavy (non-hydrogen) atoms. The number of aromatic nitrogens is 5. The maximum absolute atomic E-state index is 13.2. The van der Waals surface area contributed by atoms with Crippen LogP contribution in [0.25, 0.3) is 27.6 Å². The highest BCUT2D eigenvalue weighted by Gasteiger charge is 2.30. The van der Waals surface area contributed by atoms with E-state index in [1.54, 1.807) is 6.07 Å². The summed E-state index contributed by atoms with van der Waals surface area (Å²) in [5, 5.41) is 5.53. The van der Waals surface area contributed by atoms with Gasteiger partial charge in [-0.25, -0.2) is 22.7 Å². The van der Waals surface area contributed by atoms with Gasteiger partial charge in [-0.1, -0.05) is 12.1 Å². The topological polar surface area (TPSA) is 119 Å². The van der Waals surface area contributed by atoms with Crippen molar-refractivity contribution in [3.63, 3.8) is 0 Å². The average molecular weight is 464 g/mol. The monoisotopic (exact) mass is 463 g/mol. The second-order valence-electron chi connectivity index (χ2n) is 8.19. The summed E-state index contributed by atoms with van der Waals surface area (Å²) in [6, 6.07) is 14.6. The predicted octanol–water partition coefficient (Wildman–Crippen LogP) is 1.87. The Morgan fingerprint density at radius 3 is 2.52 bits per heavy atom. The Hall–Kier alpha value is -3.70. The van der Waals surface area contributed by atoms with Gasteiger partial charge in [0.2, 0.25) is 10.0 Å². The molecule has 0 spiro atoms. The van der Waals surface area contributed by atoms with Crippen LogP contribution in [-0.2, 0) is 10.0 Å². The lowest BCUT2D eigenvalue weighted by Gasteiger charge is -2.35. The van der Waals surface area contributed by atoms with Gasteiger partial charge < -0.3 is 14.9 Å².